The molecule has 1 rings (SSSR count). The molecule has 0 aliphatic carbocycles. The Hall–Kier alpha value is -0.240. The van der Waals surface area contributed by atoms with Gasteiger partial charge in [-0.2, -0.15) is 0 Å². The lowest BCUT2D eigenvalue weighted by Gasteiger charge is -2.38. The van der Waals surface area contributed by atoms with Gasteiger partial charge in [0.25, 0.3) is 0 Å². The SMILES string of the molecule is N[C@H]1O[C@H](CO)[C@@H](O)[C@H](O)[C@@H]1O. The van der Waals surface area contributed by atoms with Gasteiger partial charge < -0.3 is 30.9 Å². The zero-order valence-electron chi connectivity index (χ0n) is 6.37. The number of hydrogen-bond acceptors (Lipinski definition) is 6. The minimum atomic E-state index is -1.37. The highest BCUT2D eigenvalue weighted by Crippen LogP contribution is 2.17. The van der Waals surface area contributed by atoms with Crippen LogP contribution in [0.2, 0.25) is 0 Å². The Morgan fingerprint density at radius 2 is 1.67 bits per heavy atom. The molecule has 1 heterocycles. The third kappa shape index (κ3) is 1.58. The van der Waals surface area contributed by atoms with Gasteiger partial charge in [0, 0.05) is 0 Å². The van der Waals surface area contributed by atoms with Crippen molar-refractivity contribution in [3.8, 4) is 0 Å². The second-order valence-corrected chi connectivity index (χ2v) is 2.79. The van der Waals surface area contributed by atoms with Gasteiger partial charge in [0.15, 0.2) is 0 Å². The average Bonchev–Trinajstić information content (AvgIpc) is 2.08. The van der Waals surface area contributed by atoms with E-state index in [4.69, 9.17) is 25.8 Å². The Kier molecular flexibility index (Phi) is 2.99. The first kappa shape index (κ1) is 9.85. The van der Waals surface area contributed by atoms with Crippen molar-refractivity contribution < 1.29 is 25.2 Å². The van der Waals surface area contributed by atoms with Gasteiger partial charge in [0.1, 0.15) is 30.6 Å². The summed E-state index contributed by atoms with van der Waals surface area (Å²) >= 11 is 0. The summed E-state index contributed by atoms with van der Waals surface area (Å²) in [4.78, 5) is 0. The molecule has 0 aromatic rings. The summed E-state index contributed by atoms with van der Waals surface area (Å²) in [5.74, 6) is 0. The molecule has 0 unspecified atom stereocenters. The van der Waals surface area contributed by atoms with Crippen LogP contribution in [0, 0.1) is 0 Å². The monoisotopic (exact) mass is 179 g/mol. The molecular weight excluding hydrogens is 166 g/mol. The molecule has 0 radical (unpaired) electrons. The third-order valence-electron chi connectivity index (χ3n) is 1.93. The lowest BCUT2D eigenvalue weighted by atomic mass is 9.99. The molecular formula is C6H13NO5. The highest BCUT2D eigenvalue weighted by atomic mass is 16.6. The Bertz CT molecular complexity index is 150. The molecule has 1 fully saturated rings. The van der Waals surface area contributed by atoms with Crippen molar-refractivity contribution in [1.82, 2.24) is 0 Å². The van der Waals surface area contributed by atoms with Crippen molar-refractivity contribution in [3.05, 3.63) is 0 Å². The zero-order valence-corrected chi connectivity index (χ0v) is 6.37. The predicted molar refractivity (Wildman–Crippen MR) is 38.0 cm³/mol. The van der Waals surface area contributed by atoms with Gasteiger partial charge >= 0.3 is 0 Å². The van der Waals surface area contributed by atoms with E-state index in [0.29, 0.717) is 0 Å². The molecule has 6 N–H and O–H groups in total. The lowest BCUT2D eigenvalue weighted by molar-refractivity contribution is -0.227. The van der Waals surface area contributed by atoms with E-state index in [2.05, 4.69) is 0 Å². The van der Waals surface area contributed by atoms with Crippen LogP contribution in [0.3, 0.4) is 0 Å². The number of hydrogen-bond donors (Lipinski definition) is 5. The first-order chi connectivity index (χ1) is 5.57. The van der Waals surface area contributed by atoms with Crippen molar-refractivity contribution in [2.75, 3.05) is 6.61 Å². The summed E-state index contributed by atoms with van der Waals surface area (Å²) < 4.78 is 4.80. The summed E-state index contributed by atoms with van der Waals surface area (Å²) in [6, 6.07) is 0. The van der Waals surface area contributed by atoms with Crippen LogP contribution >= 0.6 is 0 Å². The van der Waals surface area contributed by atoms with E-state index in [1.165, 1.54) is 0 Å². The summed E-state index contributed by atoms with van der Waals surface area (Å²) in [5, 5.41) is 36.1. The Morgan fingerprint density at radius 3 is 2.17 bits per heavy atom. The largest absolute Gasteiger partial charge is 0.394 e. The number of aliphatic hydroxyl groups is 4. The second-order valence-electron chi connectivity index (χ2n) is 2.79. The fraction of sp³-hybridized carbons (Fsp3) is 1.00. The van der Waals surface area contributed by atoms with Gasteiger partial charge in [-0.05, 0) is 0 Å². The number of nitrogens with two attached hydrogens (primary N) is 1. The van der Waals surface area contributed by atoms with Crippen LogP contribution in [-0.4, -0.2) is 57.7 Å². The van der Waals surface area contributed by atoms with Gasteiger partial charge in [-0.25, -0.2) is 0 Å². The van der Waals surface area contributed by atoms with E-state index < -0.39 is 37.3 Å². The van der Waals surface area contributed by atoms with Crippen LogP contribution in [0.1, 0.15) is 0 Å². The molecule has 1 saturated heterocycles. The molecule has 5 atom stereocenters. The number of aliphatic hydroxyl groups excluding tert-OH is 4. The van der Waals surface area contributed by atoms with Crippen molar-refractivity contribution in [2.24, 2.45) is 5.73 Å². The van der Waals surface area contributed by atoms with Crippen LogP contribution in [0.15, 0.2) is 0 Å². The molecule has 0 bridgehead atoms. The van der Waals surface area contributed by atoms with Crippen molar-refractivity contribution in [2.45, 2.75) is 30.6 Å². The maximum Gasteiger partial charge on any atom is 0.135 e. The first-order valence-electron chi connectivity index (χ1n) is 3.64. The molecule has 6 nitrogen and oxygen atoms in total. The van der Waals surface area contributed by atoms with E-state index in [-0.39, 0.29) is 0 Å². The highest BCUT2D eigenvalue weighted by Gasteiger charge is 2.41. The minimum Gasteiger partial charge on any atom is -0.394 e. The lowest BCUT2D eigenvalue weighted by Crippen LogP contribution is -2.61. The molecule has 0 aromatic carbocycles. The zero-order chi connectivity index (χ0) is 9.30. The van der Waals surface area contributed by atoms with Gasteiger partial charge in [-0.3, -0.25) is 0 Å². The Morgan fingerprint density at radius 1 is 1.08 bits per heavy atom. The summed E-state index contributed by atoms with van der Waals surface area (Å²) in [7, 11) is 0. The van der Waals surface area contributed by atoms with Crippen LogP contribution in [0.25, 0.3) is 0 Å². The quantitative estimate of drug-likeness (QED) is 0.288. The molecule has 12 heavy (non-hydrogen) atoms. The van der Waals surface area contributed by atoms with E-state index in [9.17, 15) is 5.11 Å². The second kappa shape index (κ2) is 3.65. The summed E-state index contributed by atoms with van der Waals surface area (Å²) in [6.45, 7) is -0.446. The smallest absolute Gasteiger partial charge is 0.135 e. The van der Waals surface area contributed by atoms with Gasteiger partial charge in [-0.15, -0.1) is 0 Å². The normalized spacial score (nSPS) is 49.2. The topological polar surface area (TPSA) is 116 Å². The number of rotatable bonds is 1. The fourth-order valence-electron chi connectivity index (χ4n) is 1.13. The maximum absolute atomic E-state index is 9.18. The fourth-order valence-corrected chi connectivity index (χ4v) is 1.13. The van der Waals surface area contributed by atoms with E-state index in [0.717, 1.165) is 0 Å². The molecule has 1 aliphatic rings. The number of ether oxygens (including phenoxy) is 1. The summed E-state index contributed by atoms with van der Waals surface area (Å²) in [6.07, 6.45) is -5.99. The molecule has 0 aromatic heterocycles. The average molecular weight is 179 g/mol. The van der Waals surface area contributed by atoms with Gasteiger partial charge in [0.2, 0.25) is 0 Å². The van der Waals surface area contributed by atoms with Crippen LogP contribution in [0.5, 0.6) is 0 Å². The van der Waals surface area contributed by atoms with E-state index in [1.54, 1.807) is 0 Å². The molecule has 0 spiro atoms. The Labute approximate surface area is 69.2 Å². The Balaban J connectivity index is 2.63. The molecule has 0 amide bonds. The van der Waals surface area contributed by atoms with Crippen LogP contribution < -0.4 is 5.73 Å². The maximum atomic E-state index is 9.18. The third-order valence-corrected chi connectivity index (χ3v) is 1.93. The summed E-state index contributed by atoms with van der Waals surface area (Å²) in [5.41, 5.74) is 5.24. The van der Waals surface area contributed by atoms with Crippen molar-refractivity contribution in [3.63, 3.8) is 0 Å². The van der Waals surface area contributed by atoms with Crippen molar-refractivity contribution >= 4 is 0 Å². The van der Waals surface area contributed by atoms with Gasteiger partial charge in [-0.1, -0.05) is 0 Å². The van der Waals surface area contributed by atoms with Gasteiger partial charge in [0.05, 0.1) is 6.61 Å². The highest BCUT2D eigenvalue weighted by molar-refractivity contribution is 4.89. The van der Waals surface area contributed by atoms with Crippen LogP contribution in [-0.2, 0) is 4.74 Å². The molecule has 1 aliphatic heterocycles. The predicted octanol–water partition coefficient (Wildman–Crippen LogP) is -3.25. The van der Waals surface area contributed by atoms with E-state index in [1.807, 2.05) is 0 Å². The minimum absolute atomic E-state index is 0.446. The molecule has 0 saturated carbocycles. The standard InChI is InChI=1S/C6H13NO5/c7-6-5(11)4(10)3(9)2(1-8)12-6/h2-6,8-11H,1,7H2/t2-,3-,4+,5+,6+/m1/s1. The molecule has 6 heteroatoms. The van der Waals surface area contributed by atoms with Crippen molar-refractivity contribution in [1.29, 1.82) is 0 Å². The van der Waals surface area contributed by atoms with Crippen LogP contribution in [0.4, 0.5) is 0 Å². The first-order valence-corrected chi connectivity index (χ1v) is 3.64. The molecule has 72 valence electrons. The van der Waals surface area contributed by atoms with E-state index >= 15 is 0 Å².